The maximum atomic E-state index is 13.4. The molecule has 1 fully saturated rings. The summed E-state index contributed by atoms with van der Waals surface area (Å²) in [7, 11) is 0. The second-order valence-electron chi connectivity index (χ2n) is 7.67. The highest BCUT2D eigenvalue weighted by Gasteiger charge is 2.27. The standard InChI is InChI=1S/C24H21ClFN3O2/c1-15(24(30)29-10-2-3-16(13-27)14-29)31-18-5-7-21-19(8-9-28-23(21)12-18)20-6-4-17(26)11-22(20)25/h4-9,11-12,15-16H,2-3,10,14H2,1H3/t15?,16-/m1/s1. The molecule has 0 radical (unpaired) electrons. The molecule has 2 heterocycles. The van der Waals surface area contributed by atoms with Crippen LogP contribution in [0.2, 0.25) is 5.02 Å². The summed E-state index contributed by atoms with van der Waals surface area (Å²) in [5.74, 6) is -0.111. The minimum Gasteiger partial charge on any atom is -0.481 e. The van der Waals surface area contributed by atoms with Gasteiger partial charge >= 0.3 is 0 Å². The van der Waals surface area contributed by atoms with Crippen LogP contribution in [-0.2, 0) is 4.79 Å². The van der Waals surface area contributed by atoms with E-state index in [1.807, 2.05) is 12.1 Å². The average Bonchev–Trinajstić information content (AvgIpc) is 2.78. The number of pyridine rings is 1. The van der Waals surface area contributed by atoms with Crippen LogP contribution in [-0.4, -0.2) is 35.0 Å². The SMILES string of the molecule is CC(Oc1ccc2c(-c3ccc(F)cc3Cl)ccnc2c1)C(=O)N1CCC[C@H](C#N)C1. The zero-order valence-corrected chi connectivity index (χ0v) is 17.8. The van der Waals surface area contributed by atoms with E-state index >= 15 is 0 Å². The highest BCUT2D eigenvalue weighted by molar-refractivity contribution is 6.33. The predicted molar refractivity (Wildman–Crippen MR) is 117 cm³/mol. The maximum Gasteiger partial charge on any atom is 0.263 e. The Morgan fingerprint density at radius 1 is 1.29 bits per heavy atom. The van der Waals surface area contributed by atoms with Crippen LogP contribution >= 0.6 is 11.6 Å². The number of benzene rings is 2. The number of hydrogen-bond acceptors (Lipinski definition) is 4. The predicted octanol–water partition coefficient (Wildman–Crippen LogP) is 5.22. The summed E-state index contributed by atoms with van der Waals surface area (Å²) in [5, 5.41) is 10.3. The number of hydrogen-bond donors (Lipinski definition) is 0. The number of likely N-dealkylation sites (tertiary alicyclic amines) is 1. The first-order chi connectivity index (χ1) is 15.0. The first-order valence-electron chi connectivity index (χ1n) is 10.2. The fourth-order valence-electron chi connectivity index (χ4n) is 3.94. The smallest absolute Gasteiger partial charge is 0.263 e. The van der Waals surface area contributed by atoms with E-state index in [0.717, 1.165) is 23.8 Å². The Labute approximate surface area is 185 Å². The van der Waals surface area contributed by atoms with Crippen LogP contribution in [0.15, 0.2) is 48.7 Å². The lowest BCUT2D eigenvalue weighted by atomic mass is 9.99. The van der Waals surface area contributed by atoms with Gasteiger partial charge in [-0.15, -0.1) is 0 Å². The number of nitriles is 1. The Morgan fingerprint density at radius 2 is 2.13 bits per heavy atom. The first kappa shape index (κ1) is 21.1. The molecule has 2 aromatic carbocycles. The molecule has 1 aromatic heterocycles. The summed E-state index contributed by atoms with van der Waals surface area (Å²) in [6, 6.07) is 13.8. The van der Waals surface area contributed by atoms with Gasteiger partial charge in [0.25, 0.3) is 5.91 Å². The fourth-order valence-corrected chi connectivity index (χ4v) is 4.21. The van der Waals surface area contributed by atoms with Gasteiger partial charge in [0.2, 0.25) is 0 Å². The summed E-state index contributed by atoms with van der Waals surface area (Å²) < 4.78 is 19.3. The molecule has 4 rings (SSSR count). The van der Waals surface area contributed by atoms with Gasteiger partial charge in [0.15, 0.2) is 6.10 Å². The monoisotopic (exact) mass is 437 g/mol. The highest BCUT2D eigenvalue weighted by Crippen LogP contribution is 2.34. The quantitative estimate of drug-likeness (QED) is 0.561. The summed E-state index contributed by atoms with van der Waals surface area (Å²) in [5.41, 5.74) is 2.23. The van der Waals surface area contributed by atoms with Crippen molar-refractivity contribution < 1.29 is 13.9 Å². The highest BCUT2D eigenvalue weighted by atomic mass is 35.5. The molecule has 0 bridgehead atoms. The molecule has 1 saturated heterocycles. The Balaban J connectivity index is 1.56. The van der Waals surface area contributed by atoms with E-state index in [0.29, 0.717) is 34.9 Å². The Kier molecular flexibility index (Phi) is 6.06. The van der Waals surface area contributed by atoms with E-state index < -0.39 is 11.9 Å². The second-order valence-corrected chi connectivity index (χ2v) is 8.08. The minimum absolute atomic E-state index is 0.119. The summed E-state index contributed by atoms with van der Waals surface area (Å²) in [4.78, 5) is 18.9. The third-order valence-corrected chi connectivity index (χ3v) is 5.82. The molecule has 0 N–H and O–H groups in total. The van der Waals surface area contributed by atoms with Crippen molar-refractivity contribution in [3.8, 4) is 22.9 Å². The Morgan fingerprint density at radius 3 is 2.90 bits per heavy atom. The Hall–Kier alpha value is -3.17. The third-order valence-electron chi connectivity index (χ3n) is 5.51. The number of piperidine rings is 1. The van der Waals surface area contributed by atoms with Crippen molar-refractivity contribution in [3.05, 3.63) is 59.5 Å². The van der Waals surface area contributed by atoms with Crippen LogP contribution < -0.4 is 4.74 Å². The van der Waals surface area contributed by atoms with Crippen LogP contribution in [0, 0.1) is 23.1 Å². The van der Waals surface area contributed by atoms with Crippen LogP contribution in [0.1, 0.15) is 19.8 Å². The van der Waals surface area contributed by atoms with Crippen molar-refractivity contribution >= 4 is 28.4 Å². The molecule has 1 aliphatic heterocycles. The number of amides is 1. The number of carbonyl (C=O) groups excluding carboxylic acids is 1. The van der Waals surface area contributed by atoms with Gasteiger partial charge in [0.1, 0.15) is 11.6 Å². The molecule has 0 spiro atoms. The molecule has 5 nitrogen and oxygen atoms in total. The van der Waals surface area contributed by atoms with E-state index in [-0.39, 0.29) is 11.8 Å². The van der Waals surface area contributed by atoms with Gasteiger partial charge in [-0.05, 0) is 61.7 Å². The molecular formula is C24H21ClFN3O2. The fraction of sp³-hybridized carbons (Fsp3) is 0.292. The number of aromatic nitrogens is 1. The average molecular weight is 438 g/mol. The van der Waals surface area contributed by atoms with Gasteiger partial charge in [0.05, 0.1) is 22.5 Å². The third kappa shape index (κ3) is 4.47. The summed E-state index contributed by atoms with van der Waals surface area (Å²) in [6.07, 6.45) is 2.63. The molecule has 1 amide bonds. The largest absolute Gasteiger partial charge is 0.481 e. The molecule has 2 atom stereocenters. The molecular weight excluding hydrogens is 417 g/mol. The Bertz CT molecular complexity index is 1180. The maximum absolute atomic E-state index is 13.4. The van der Waals surface area contributed by atoms with E-state index in [2.05, 4.69) is 11.1 Å². The van der Waals surface area contributed by atoms with Crippen LogP contribution in [0.4, 0.5) is 4.39 Å². The van der Waals surface area contributed by atoms with Gasteiger partial charge < -0.3 is 9.64 Å². The van der Waals surface area contributed by atoms with Crippen molar-refractivity contribution in [3.63, 3.8) is 0 Å². The molecule has 0 saturated carbocycles. The second kappa shape index (κ2) is 8.91. The zero-order valence-electron chi connectivity index (χ0n) is 17.0. The van der Waals surface area contributed by atoms with Crippen molar-refractivity contribution in [1.29, 1.82) is 5.26 Å². The lowest BCUT2D eigenvalue weighted by molar-refractivity contribution is -0.139. The van der Waals surface area contributed by atoms with Gasteiger partial charge in [0, 0.05) is 36.3 Å². The van der Waals surface area contributed by atoms with Crippen LogP contribution in [0.5, 0.6) is 5.75 Å². The molecule has 3 aromatic rings. The van der Waals surface area contributed by atoms with Gasteiger partial charge in [-0.3, -0.25) is 9.78 Å². The normalized spacial score (nSPS) is 17.2. The summed E-state index contributed by atoms with van der Waals surface area (Å²) in [6.45, 7) is 2.81. The van der Waals surface area contributed by atoms with E-state index in [1.165, 1.54) is 12.1 Å². The molecule has 7 heteroatoms. The molecule has 0 aliphatic carbocycles. The van der Waals surface area contributed by atoms with Crippen molar-refractivity contribution in [2.24, 2.45) is 5.92 Å². The molecule has 1 aliphatic rings. The van der Waals surface area contributed by atoms with Crippen LogP contribution in [0.3, 0.4) is 0 Å². The number of carbonyl (C=O) groups is 1. The molecule has 158 valence electrons. The van der Waals surface area contributed by atoms with Gasteiger partial charge in [-0.2, -0.15) is 5.26 Å². The van der Waals surface area contributed by atoms with E-state index in [1.54, 1.807) is 36.2 Å². The van der Waals surface area contributed by atoms with E-state index in [4.69, 9.17) is 21.6 Å². The lowest BCUT2D eigenvalue weighted by Gasteiger charge is -2.31. The van der Waals surface area contributed by atoms with Gasteiger partial charge in [-0.25, -0.2) is 4.39 Å². The number of ether oxygens (including phenoxy) is 1. The number of halogens is 2. The van der Waals surface area contributed by atoms with Crippen molar-refractivity contribution in [2.75, 3.05) is 13.1 Å². The zero-order chi connectivity index (χ0) is 22.0. The summed E-state index contributed by atoms with van der Waals surface area (Å²) >= 11 is 6.25. The van der Waals surface area contributed by atoms with Crippen molar-refractivity contribution in [1.82, 2.24) is 9.88 Å². The first-order valence-corrected chi connectivity index (χ1v) is 10.5. The molecule has 1 unspecified atom stereocenters. The number of rotatable bonds is 4. The minimum atomic E-state index is -0.676. The molecule has 31 heavy (non-hydrogen) atoms. The number of fused-ring (bicyclic) bond motifs is 1. The van der Waals surface area contributed by atoms with Crippen molar-refractivity contribution in [2.45, 2.75) is 25.9 Å². The van der Waals surface area contributed by atoms with Gasteiger partial charge in [-0.1, -0.05) is 11.6 Å². The number of nitrogens with zero attached hydrogens (tertiary/aromatic N) is 3. The topological polar surface area (TPSA) is 66.2 Å². The van der Waals surface area contributed by atoms with E-state index in [9.17, 15) is 9.18 Å². The van der Waals surface area contributed by atoms with Crippen LogP contribution in [0.25, 0.3) is 22.0 Å². The lowest BCUT2D eigenvalue weighted by Crippen LogP contribution is -2.45.